The first-order valence-electron chi connectivity index (χ1n) is 8.29. The van der Waals surface area contributed by atoms with E-state index in [-0.39, 0.29) is 17.6 Å². The van der Waals surface area contributed by atoms with Crippen LogP contribution in [-0.2, 0) is 6.42 Å². The van der Waals surface area contributed by atoms with Gasteiger partial charge in [-0.15, -0.1) is 0 Å². The fraction of sp³-hybridized carbons (Fsp3) is 0.667. The van der Waals surface area contributed by atoms with Crippen molar-refractivity contribution in [3.05, 3.63) is 23.3 Å². The molecule has 0 saturated heterocycles. The summed E-state index contributed by atoms with van der Waals surface area (Å²) in [5, 5.41) is 30.3. The first kappa shape index (κ1) is 13.4. The van der Waals surface area contributed by atoms with Gasteiger partial charge in [-0.2, -0.15) is 0 Å². The SMILES string of the molecule is C[C@H]1Cc2cc(O)cc(O)c2[C@H]2CC[C@H]3[C@@H](CC[C@@H]3O)[C@@H]21. The van der Waals surface area contributed by atoms with Gasteiger partial charge in [0.2, 0.25) is 0 Å². The quantitative estimate of drug-likeness (QED) is 0.687. The number of aromatic hydroxyl groups is 2. The van der Waals surface area contributed by atoms with E-state index >= 15 is 0 Å². The van der Waals surface area contributed by atoms with Gasteiger partial charge in [-0.25, -0.2) is 0 Å². The Morgan fingerprint density at radius 3 is 2.57 bits per heavy atom. The molecule has 0 unspecified atom stereocenters. The molecule has 0 radical (unpaired) electrons. The van der Waals surface area contributed by atoms with Crippen LogP contribution in [0.25, 0.3) is 0 Å². The molecule has 114 valence electrons. The average molecular weight is 288 g/mol. The zero-order chi connectivity index (χ0) is 14.7. The molecule has 2 fully saturated rings. The number of hydrogen-bond donors (Lipinski definition) is 3. The third kappa shape index (κ3) is 1.90. The van der Waals surface area contributed by atoms with Gasteiger partial charge in [0, 0.05) is 11.6 Å². The van der Waals surface area contributed by atoms with E-state index < -0.39 is 0 Å². The lowest BCUT2D eigenvalue weighted by atomic mass is 9.57. The van der Waals surface area contributed by atoms with Crippen molar-refractivity contribution in [2.24, 2.45) is 23.7 Å². The van der Waals surface area contributed by atoms with Gasteiger partial charge >= 0.3 is 0 Å². The number of aliphatic hydroxyl groups is 1. The van der Waals surface area contributed by atoms with Crippen molar-refractivity contribution in [2.75, 3.05) is 0 Å². The van der Waals surface area contributed by atoms with Gasteiger partial charge in [0.05, 0.1) is 6.10 Å². The third-order valence-corrected chi connectivity index (χ3v) is 6.41. The van der Waals surface area contributed by atoms with Crippen LogP contribution in [0.4, 0.5) is 0 Å². The van der Waals surface area contributed by atoms with E-state index in [1.807, 2.05) is 6.07 Å². The third-order valence-electron chi connectivity index (χ3n) is 6.41. The van der Waals surface area contributed by atoms with E-state index in [4.69, 9.17) is 0 Å². The first-order valence-corrected chi connectivity index (χ1v) is 8.29. The molecule has 2 saturated carbocycles. The standard InChI is InChI=1S/C18H24O3/c1-9-6-10-7-11(19)8-16(21)18(10)14-3-2-12-13(17(9)14)4-5-15(12)20/h7-9,12-15,17,19-21H,2-6H2,1H3/t9-,12-,13+,14-,15-,17-/m0/s1. The van der Waals surface area contributed by atoms with Gasteiger partial charge in [-0.05, 0) is 73.3 Å². The molecule has 3 aliphatic rings. The zero-order valence-electron chi connectivity index (χ0n) is 12.5. The summed E-state index contributed by atoms with van der Waals surface area (Å²) in [5.74, 6) is 3.04. The van der Waals surface area contributed by atoms with Crippen molar-refractivity contribution in [3.8, 4) is 11.5 Å². The Morgan fingerprint density at radius 1 is 1.00 bits per heavy atom. The van der Waals surface area contributed by atoms with Crippen molar-refractivity contribution in [1.82, 2.24) is 0 Å². The Kier molecular flexibility index (Phi) is 2.97. The highest BCUT2D eigenvalue weighted by Crippen LogP contribution is 2.58. The lowest BCUT2D eigenvalue weighted by Crippen LogP contribution is -2.40. The Hall–Kier alpha value is -1.22. The molecular weight excluding hydrogens is 264 g/mol. The highest BCUT2D eigenvalue weighted by atomic mass is 16.3. The molecule has 3 heteroatoms. The fourth-order valence-electron chi connectivity index (χ4n) is 5.74. The second kappa shape index (κ2) is 4.64. The lowest BCUT2D eigenvalue weighted by molar-refractivity contribution is 0.0373. The highest BCUT2D eigenvalue weighted by Gasteiger charge is 2.50. The van der Waals surface area contributed by atoms with Gasteiger partial charge in [0.1, 0.15) is 11.5 Å². The van der Waals surface area contributed by atoms with Crippen LogP contribution in [0.3, 0.4) is 0 Å². The van der Waals surface area contributed by atoms with E-state index in [1.165, 1.54) is 6.07 Å². The van der Waals surface area contributed by atoms with E-state index in [2.05, 4.69) is 6.92 Å². The summed E-state index contributed by atoms with van der Waals surface area (Å²) in [6, 6.07) is 3.32. The molecule has 0 amide bonds. The molecule has 0 heterocycles. The monoisotopic (exact) mass is 288 g/mol. The van der Waals surface area contributed by atoms with Crippen molar-refractivity contribution in [3.63, 3.8) is 0 Å². The molecule has 3 aliphatic carbocycles. The van der Waals surface area contributed by atoms with Crippen LogP contribution in [0.5, 0.6) is 11.5 Å². The Morgan fingerprint density at radius 2 is 1.76 bits per heavy atom. The number of hydrogen-bond acceptors (Lipinski definition) is 3. The normalized spacial score (nSPS) is 41.2. The summed E-state index contributed by atoms with van der Waals surface area (Å²) < 4.78 is 0. The fourth-order valence-corrected chi connectivity index (χ4v) is 5.74. The number of rotatable bonds is 0. The zero-order valence-corrected chi connectivity index (χ0v) is 12.5. The molecule has 1 aromatic rings. The Labute approximate surface area is 125 Å². The molecule has 3 nitrogen and oxygen atoms in total. The number of fused-ring (bicyclic) bond motifs is 5. The molecule has 4 rings (SSSR count). The van der Waals surface area contributed by atoms with E-state index in [0.717, 1.165) is 43.2 Å². The van der Waals surface area contributed by atoms with Gasteiger partial charge in [0.25, 0.3) is 0 Å². The maximum Gasteiger partial charge on any atom is 0.123 e. The smallest absolute Gasteiger partial charge is 0.123 e. The minimum Gasteiger partial charge on any atom is -0.508 e. The van der Waals surface area contributed by atoms with Crippen LogP contribution in [-0.4, -0.2) is 21.4 Å². The van der Waals surface area contributed by atoms with E-state index in [0.29, 0.717) is 29.6 Å². The molecule has 0 bridgehead atoms. The van der Waals surface area contributed by atoms with Crippen molar-refractivity contribution >= 4 is 0 Å². The van der Waals surface area contributed by atoms with E-state index in [1.54, 1.807) is 0 Å². The summed E-state index contributed by atoms with van der Waals surface area (Å²) in [5.41, 5.74) is 2.20. The minimum atomic E-state index is -0.113. The van der Waals surface area contributed by atoms with E-state index in [9.17, 15) is 15.3 Å². The summed E-state index contributed by atoms with van der Waals surface area (Å²) in [6.07, 6.45) is 5.01. The van der Waals surface area contributed by atoms with Gasteiger partial charge in [-0.3, -0.25) is 0 Å². The van der Waals surface area contributed by atoms with Crippen LogP contribution in [0, 0.1) is 23.7 Å². The molecule has 0 spiro atoms. The largest absolute Gasteiger partial charge is 0.508 e. The van der Waals surface area contributed by atoms with Crippen LogP contribution >= 0.6 is 0 Å². The molecule has 0 aromatic heterocycles. The second-order valence-corrected chi connectivity index (χ2v) is 7.45. The summed E-state index contributed by atoms with van der Waals surface area (Å²) in [6.45, 7) is 2.30. The van der Waals surface area contributed by atoms with Crippen LogP contribution in [0.15, 0.2) is 12.1 Å². The van der Waals surface area contributed by atoms with Crippen LogP contribution in [0.1, 0.15) is 49.7 Å². The van der Waals surface area contributed by atoms with Crippen LogP contribution < -0.4 is 0 Å². The molecule has 0 aliphatic heterocycles. The maximum absolute atomic E-state index is 10.3. The number of aliphatic hydroxyl groups excluding tert-OH is 1. The topological polar surface area (TPSA) is 60.7 Å². The second-order valence-electron chi connectivity index (χ2n) is 7.45. The van der Waals surface area contributed by atoms with Crippen LogP contribution in [0.2, 0.25) is 0 Å². The maximum atomic E-state index is 10.3. The van der Waals surface area contributed by atoms with Gasteiger partial charge < -0.3 is 15.3 Å². The molecule has 3 N–H and O–H groups in total. The predicted molar refractivity (Wildman–Crippen MR) is 80.3 cm³/mol. The number of benzene rings is 1. The average Bonchev–Trinajstić information content (AvgIpc) is 2.79. The highest BCUT2D eigenvalue weighted by molar-refractivity contribution is 5.49. The lowest BCUT2D eigenvalue weighted by Gasteiger charge is -2.48. The van der Waals surface area contributed by atoms with Crippen molar-refractivity contribution in [2.45, 2.75) is 51.0 Å². The molecular formula is C18H24O3. The summed E-state index contributed by atoms with van der Waals surface area (Å²) >= 11 is 0. The van der Waals surface area contributed by atoms with Gasteiger partial charge in [0.15, 0.2) is 0 Å². The first-order chi connectivity index (χ1) is 10.1. The Balaban J connectivity index is 1.77. The molecule has 1 aromatic carbocycles. The summed E-state index contributed by atoms with van der Waals surface area (Å²) in [7, 11) is 0. The summed E-state index contributed by atoms with van der Waals surface area (Å²) in [4.78, 5) is 0. The van der Waals surface area contributed by atoms with Crippen molar-refractivity contribution in [1.29, 1.82) is 0 Å². The van der Waals surface area contributed by atoms with Gasteiger partial charge in [-0.1, -0.05) is 6.92 Å². The van der Waals surface area contributed by atoms with Crippen molar-refractivity contribution < 1.29 is 15.3 Å². The number of phenolic OH excluding ortho intramolecular Hbond substituents is 2. The number of phenols is 2. The minimum absolute atomic E-state index is 0.113. The molecule has 6 atom stereocenters. The Bertz CT molecular complexity index is 568. The predicted octanol–water partition coefficient (Wildman–Crippen LogP) is 3.17. The molecule has 21 heavy (non-hydrogen) atoms.